The van der Waals surface area contributed by atoms with Crippen LogP contribution in [0.1, 0.15) is 60.9 Å². The molecule has 0 saturated carbocycles. The lowest BCUT2D eigenvalue weighted by atomic mass is 10.1. The molecule has 0 unspecified atom stereocenters. The number of nitrogens with one attached hydrogen (secondary N) is 1. The Balaban J connectivity index is 1.38. The van der Waals surface area contributed by atoms with Gasteiger partial charge in [-0.15, -0.1) is 11.3 Å². The molecule has 1 aliphatic rings. The number of hydrogen-bond acceptors (Lipinski definition) is 6. The van der Waals surface area contributed by atoms with Crippen LogP contribution in [0, 0.1) is 5.92 Å². The molecule has 7 heteroatoms. The van der Waals surface area contributed by atoms with Crippen LogP contribution in [-0.4, -0.2) is 42.2 Å². The van der Waals surface area contributed by atoms with E-state index in [1.807, 2.05) is 24.3 Å². The number of rotatable bonds is 9. The van der Waals surface area contributed by atoms with E-state index >= 15 is 0 Å². The van der Waals surface area contributed by atoms with Crippen molar-refractivity contribution < 1.29 is 14.1 Å². The van der Waals surface area contributed by atoms with Gasteiger partial charge in [-0.1, -0.05) is 37.9 Å². The molecule has 0 bridgehead atoms. The Bertz CT molecular complexity index is 990. The summed E-state index contributed by atoms with van der Waals surface area (Å²) in [5, 5.41) is 9.21. The standard InChI is InChI=1S/C26H33N3O3S/c1-19(2)18-31-21-11-9-20(10-12-21)24-16-22(28-32-24)26(30)27-17-23(25-8-7-15-33-25)29-13-5-3-4-6-14-29/h7-12,15-16,19,23H,3-6,13-14,17-18H2,1-2H3,(H,27,30)/t23-/m0/s1. The quantitative estimate of drug-likeness (QED) is 0.432. The SMILES string of the molecule is CC(C)COc1ccc(-c2cc(C(=O)NC[C@@H](c3cccs3)N3CCCCCC3)no2)cc1. The second kappa shape index (κ2) is 11.5. The summed E-state index contributed by atoms with van der Waals surface area (Å²) in [6.45, 7) is 7.62. The molecule has 176 valence electrons. The van der Waals surface area contributed by atoms with Gasteiger partial charge in [-0.25, -0.2) is 0 Å². The molecule has 0 aliphatic carbocycles. The maximum atomic E-state index is 12.8. The third-order valence-corrected chi connectivity index (χ3v) is 6.85. The minimum atomic E-state index is -0.210. The van der Waals surface area contributed by atoms with Crippen LogP contribution in [0.4, 0.5) is 0 Å². The molecule has 1 amide bonds. The highest BCUT2D eigenvalue weighted by atomic mass is 32.1. The van der Waals surface area contributed by atoms with Crippen LogP contribution < -0.4 is 10.1 Å². The molecule has 33 heavy (non-hydrogen) atoms. The number of ether oxygens (including phenoxy) is 1. The summed E-state index contributed by atoms with van der Waals surface area (Å²) >= 11 is 1.75. The molecular weight excluding hydrogens is 434 g/mol. The molecule has 1 aliphatic heterocycles. The summed E-state index contributed by atoms with van der Waals surface area (Å²) in [5.41, 5.74) is 1.16. The van der Waals surface area contributed by atoms with Gasteiger partial charge in [0.15, 0.2) is 11.5 Å². The number of amides is 1. The zero-order valence-corrected chi connectivity index (χ0v) is 20.3. The highest BCUT2D eigenvalue weighted by molar-refractivity contribution is 7.10. The van der Waals surface area contributed by atoms with Crippen molar-refractivity contribution in [3.05, 3.63) is 58.4 Å². The Morgan fingerprint density at radius 1 is 1.15 bits per heavy atom. The molecule has 3 aromatic rings. The number of benzene rings is 1. The van der Waals surface area contributed by atoms with Gasteiger partial charge in [0.05, 0.1) is 12.6 Å². The van der Waals surface area contributed by atoms with E-state index in [-0.39, 0.29) is 11.9 Å². The Hall–Kier alpha value is -2.64. The fourth-order valence-corrected chi connectivity index (χ4v) is 4.93. The first kappa shape index (κ1) is 23.5. The van der Waals surface area contributed by atoms with E-state index in [0.29, 0.717) is 30.5 Å². The largest absolute Gasteiger partial charge is 0.493 e. The highest BCUT2D eigenvalue weighted by Gasteiger charge is 2.24. The topological polar surface area (TPSA) is 67.6 Å². The van der Waals surface area contributed by atoms with Gasteiger partial charge in [0.25, 0.3) is 5.91 Å². The van der Waals surface area contributed by atoms with Gasteiger partial charge in [-0.2, -0.15) is 0 Å². The number of nitrogens with zero attached hydrogens (tertiary/aromatic N) is 2. The Labute approximate surface area is 199 Å². The minimum absolute atomic E-state index is 0.191. The molecule has 1 atom stereocenters. The molecule has 1 saturated heterocycles. The van der Waals surface area contributed by atoms with Gasteiger partial charge in [-0.3, -0.25) is 9.69 Å². The highest BCUT2D eigenvalue weighted by Crippen LogP contribution is 2.28. The van der Waals surface area contributed by atoms with Gasteiger partial charge in [0, 0.05) is 23.1 Å². The second-order valence-corrected chi connectivity index (χ2v) is 9.98. The van der Waals surface area contributed by atoms with Crippen molar-refractivity contribution in [3.63, 3.8) is 0 Å². The monoisotopic (exact) mass is 467 g/mol. The third kappa shape index (κ3) is 6.45. The van der Waals surface area contributed by atoms with E-state index in [4.69, 9.17) is 9.26 Å². The molecule has 2 aromatic heterocycles. The average Bonchev–Trinajstić information content (AvgIpc) is 3.46. The van der Waals surface area contributed by atoms with Crippen LogP contribution in [0.15, 0.2) is 52.4 Å². The number of aromatic nitrogens is 1. The predicted octanol–water partition coefficient (Wildman–Crippen LogP) is 5.79. The van der Waals surface area contributed by atoms with Crippen LogP contribution in [-0.2, 0) is 0 Å². The molecule has 6 nitrogen and oxygen atoms in total. The summed E-state index contributed by atoms with van der Waals surface area (Å²) in [6.07, 6.45) is 4.99. The summed E-state index contributed by atoms with van der Waals surface area (Å²) < 4.78 is 11.2. The fourth-order valence-electron chi connectivity index (χ4n) is 4.07. The first-order chi connectivity index (χ1) is 16.1. The van der Waals surface area contributed by atoms with Gasteiger partial charge in [-0.05, 0) is 67.6 Å². The van der Waals surface area contributed by atoms with Crippen LogP contribution in [0.25, 0.3) is 11.3 Å². The van der Waals surface area contributed by atoms with Gasteiger partial charge in [0.1, 0.15) is 5.75 Å². The van der Waals surface area contributed by atoms with Gasteiger partial charge < -0.3 is 14.6 Å². The number of likely N-dealkylation sites (tertiary alicyclic amines) is 1. The summed E-state index contributed by atoms with van der Waals surface area (Å²) in [5.74, 6) is 1.65. The second-order valence-electron chi connectivity index (χ2n) is 9.00. The lowest BCUT2D eigenvalue weighted by molar-refractivity contribution is 0.0925. The Morgan fingerprint density at radius 3 is 2.58 bits per heavy atom. The number of hydrogen-bond donors (Lipinski definition) is 1. The molecular formula is C26H33N3O3S. The van der Waals surface area contributed by atoms with Crippen molar-refractivity contribution in [2.45, 2.75) is 45.6 Å². The summed E-state index contributed by atoms with van der Waals surface area (Å²) in [4.78, 5) is 16.6. The Kier molecular flexibility index (Phi) is 8.18. The van der Waals surface area contributed by atoms with Gasteiger partial charge >= 0.3 is 0 Å². The van der Waals surface area contributed by atoms with Crippen LogP contribution in [0.5, 0.6) is 5.75 Å². The number of thiophene rings is 1. The molecule has 0 radical (unpaired) electrons. The fraction of sp³-hybridized carbons (Fsp3) is 0.462. The molecule has 0 spiro atoms. The molecule has 1 aromatic carbocycles. The lowest BCUT2D eigenvalue weighted by Crippen LogP contribution is -2.38. The third-order valence-electron chi connectivity index (χ3n) is 5.87. The normalized spacial score (nSPS) is 15.8. The van der Waals surface area contributed by atoms with Crippen molar-refractivity contribution in [2.24, 2.45) is 5.92 Å². The van der Waals surface area contributed by atoms with E-state index in [0.717, 1.165) is 24.4 Å². The van der Waals surface area contributed by atoms with E-state index < -0.39 is 0 Å². The van der Waals surface area contributed by atoms with Crippen LogP contribution in [0.3, 0.4) is 0 Å². The van der Waals surface area contributed by atoms with E-state index in [2.05, 4.69) is 46.7 Å². The summed E-state index contributed by atoms with van der Waals surface area (Å²) in [6, 6.07) is 13.8. The Morgan fingerprint density at radius 2 is 1.91 bits per heavy atom. The molecule has 4 rings (SSSR count). The maximum absolute atomic E-state index is 12.8. The maximum Gasteiger partial charge on any atom is 0.273 e. The van der Waals surface area contributed by atoms with Crippen LogP contribution >= 0.6 is 11.3 Å². The predicted molar refractivity (Wildman–Crippen MR) is 132 cm³/mol. The van der Waals surface area contributed by atoms with Gasteiger partial charge in [0.2, 0.25) is 0 Å². The first-order valence-corrected chi connectivity index (χ1v) is 12.7. The smallest absolute Gasteiger partial charge is 0.273 e. The van der Waals surface area contributed by atoms with Crippen molar-refractivity contribution in [2.75, 3.05) is 26.2 Å². The van der Waals surface area contributed by atoms with Crippen molar-refractivity contribution in [1.29, 1.82) is 0 Å². The zero-order chi connectivity index (χ0) is 23.0. The molecule has 1 fully saturated rings. The average molecular weight is 468 g/mol. The number of carbonyl (C=O) groups excluding carboxylic acids is 1. The van der Waals surface area contributed by atoms with Crippen LogP contribution in [0.2, 0.25) is 0 Å². The zero-order valence-electron chi connectivity index (χ0n) is 19.5. The van der Waals surface area contributed by atoms with E-state index in [1.54, 1.807) is 17.4 Å². The van der Waals surface area contributed by atoms with E-state index in [1.165, 1.54) is 30.6 Å². The summed E-state index contributed by atoms with van der Waals surface area (Å²) in [7, 11) is 0. The first-order valence-electron chi connectivity index (χ1n) is 11.9. The van der Waals surface area contributed by atoms with E-state index in [9.17, 15) is 4.79 Å². The van der Waals surface area contributed by atoms with Crippen molar-refractivity contribution >= 4 is 17.2 Å². The van der Waals surface area contributed by atoms with Crippen molar-refractivity contribution in [1.82, 2.24) is 15.4 Å². The minimum Gasteiger partial charge on any atom is -0.493 e. The van der Waals surface area contributed by atoms with Crippen molar-refractivity contribution in [3.8, 4) is 17.1 Å². The number of carbonyl (C=O) groups is 1. The molecule has 1 N–H and O–H groups in total. The molecule has 3 heterocycles. The lowest BCUT2D eigenvalue weighted by Gasteiger charge is -2.30.